The molecule has 0 heterocycles. The molecule has 1 aromatic carbocycles. The van der Waals surface area contributed by atoms with E-state index in [1.165, 1.54) is 6.92 Å². The van der Waals surface area contributed by atoms with Crippen LogP contribution in [0.3, 0.4) is 0 Å². The third kappa shape index (κ3) is 4.33. The second-order valence-electron chi connectivity index (χ2n) is 3.79. The van der Waals surface area contributed by atoms with E-state index >= 15 is 0 Å². The topological polar surface area (TPSA) is 69.4 Å². The Kier molecular flexibility index (Phi) is 4.92. The fourth-order valence-corrected chi connectivity index (χ4v) is 2.22. The molecule has 0 radical (unpaired) electrons. The van der Waals surface area contributed by atoms with E-state index in [0.717, 1.165) is 20.3 Å². The Hall–Kier alpha value is -1.11. The van der Waals surface area contributed by atoms with E-state index in [0.29, 0.717) is 0 Å². The minimum absolute atomic E-state index is 0.204. The molecular formula is C12H14INO3. The highest BCUT2D eigenvalue weighted by atomic mass is 127. The van der Waals surface area contributed by atoms with Gasteiger partial charge in [-0.25, -0.2) is 0 Å². The molecule has 0 fully saturated rings. The van der Waals surface area contributed by atoms with Crippen LogP contribution in [0.2, 0.25) is 0 Å². The van der Waals surface area contributed by atoms with Crippen molar-refractivity contribution in [2.45, 2.75) is 26.9 Å². The zero-order valence-electron chi connectivity index (χ0n) is 9.75. The first-order chi connectivity index (χ1) is 7.90. The number of aryl methyl sites for hydroxylation is 1. The van der Waals surface area contributed by atoms with Crippen LogP contribution in [0.1, 0.15) is 23.6 Å². The molecule has 1 amide bonds. The highest BCUT2D eigenvalue weighted by Gasteiger charge is 2.09. The van der Waals surface area contributed by atoms with Gasteiger partial charge in [-0.2, -0.15) is 0 Å². The number of hydrogen-bond acceptors (Lipinski definition) is 3. The van der Waals surface area contributed by atoms with Gasteiger partial charge in [0.05, 0.1) is 6.42 Å². The van der Waals surface area contributed by atoms with Gasteiger partial charge in [0.25, 0.3) is 0 Å². The number of primary amides is 1. The average Bonchev–Trinajstić information content (AvgIpc) is 2.19. The van der Waals surface area contributed by atoms with Crippen LogP contribution in [0.15, 0.2) is 12.1 Å². The number of benzene rings is 1. The van der Waals surface area contributed by atoms with Crippen molar-refractivity contribution in [3.05, 3.63) is 32.4 Å². The maximum atomic E-state index is 10.9. The molecule has 5 heteroatoms. The van der Waals surface area contributed by atoms with Crippen molar-refractivity contribution in [1.82, 2.24) is 0 Å². The van der Waals surface area contributed by atoms with Gasteiger partial charge in [-0.1, -0.05) is 6.07 Å². The van der Waals surface area contributed by atoms with E-state index in [-0.39, 0.29) is 24.9 Å². The fraction of sp³-hybridized carbons (Fsp3) is 0.333. The lowest BCUT2D eigenvalue weighted by Crippen LogP contribution is -2.15. The van der Waals surface area contributed by atoms with Crippen LogP contribution in [-0.4, -0.2) is 11.9 Å². The number of amides is 1. The number of hydrogen-bond donors (Lipinski definition) is 1. The molecule has 0 aliphatic carbocycles. The summed E-state index contributed by atoms with van der Waals surface area (Å²) in [4.78, 5) is 21.7. The molecule has 1 rings (SSSR count). The number of carbonyl (C=O) groups excluding carboxylic acids is 2. The highest BCUT2D eigenvalue weighted by molar-refractivity contribution is 14.1. The molecule has 0 atom stereocenters. The molecule has 0 aliphatic rings. The normalized spacial score (nSPS) is 10.1. The second-order valence-corrected chi connectivity index (χ2v) is 4.96. The van der Waals surface area contributed by atoms with Crippen LogP contribution < -0.4 is 5.73 Å². The molecule has 17 heavy (non-hydrogen) atoms. The third-order valence-corrected chi connectivity index (χ3v) is 3.30. The summed E-state index contributed by atoms with van der Waals surface area (Å²) in [7, 11) is 0. The Morgan fingerprint density at radius 3 is 2.53 bits per heavy atom. The third-order valence-electron chi connectivity index (χ3n) is 2.30. The lowest BCUT2D eigenvalue weighted by Gasteiger charge is -2.10. The standard InChI is InChI=1S/C12H14INO3/c1-7-3-11(13)10(6-17-8(2)15)4-9(7)5-12(14)16/h3-4H,5-6H2,1-2H3,(H2,14,16). The van der Waals surface area contributed by atoms with Gasteiger partial charge in [-0.15, -0.1) is 0 Å². The van der Waals surface area contributed by atoms with Crippen LogP contribution in [0.4, 0.5) is 0 Å². The van der Waals surface area contributed by atoms with Crippen LogP contribution in [0, 0.1) is 10.5 Å². The highest BCUT2D eigenvalue weighted by Crippen LogP contribution is 2.20. The zero-order chi connectivity index (χ0) is 13.0. The lowest BCUT2D eigenvalue weighted by molar-refractivity contribution is -0.142. The van der Waals surface area contributed by atoms with Crippen molar-refractivity contribution in [2.75, 3.05) is 0 Å². The lowest BCUT2D eigenvalue weighted by atomic mass is 10.0. The molecule has 0 spiro atoms. The first-order valence-electron chi connectivity index (χ1n) is 5.09. The van der Waals surface area contributed by atoms with Crippen molar-refractivity contribution < 1.29 is 14.3 Å². The summed E-state index contributed by atoms with van der Waals surface area (Å²) >= 11 is 2.18. The van der Waals surface area contributed by atoms with Crippen LogP contribution in [0.25, 0.3) is 0 Å². The van der Waals surface area contributed by atoms with Crippen molar-refractivity contribution >= 4 is 34.5 Å². The Balaban J connectivity index is 2.97. The largest absolute Gasteiger partial charge is 0.461 e. The van der Waals surface area contributed by atoms with Crippen LogP contribution >= 0.6 is 22.6 Å². The predicted molar refractivity (Wildman–Crippen MR) is 72.3 cm³/mol. The molecule has 92 valence electrons. The maximum absolute atomic E-state index is 10.9. The molecular weight excluding hydrogens is 333 g/mol. The number of ether oxygens (including phenoxy) is 1. The molecule has 1 aromatic rings. The van der Waals surface area contributed by atoms with Crippen molar-refractivity contribution in [1.29, 1.82) is 0 Å². The van der Waals surface area contributed by atoms with E-state index in [9.17, 15) is 9.59 Å². The quantitative estimate of drug-likeness (QED) is 0.666. The summed E-state index contributed by atoms with van der Waals surface area (Å²) in [6.07, 6.45) is 0.204. The molecule has 4 nitrogen and oxygen atoms in total. The number of halogens is 1. The van der Waals surface area contributed by atoms with Gasteiger partial charge in [-0.3, -0.25) is 9.59 Å². The molecule has 0 aromatic heterocycles. The molecule has 0 bridgehead atoms. The second kappa shape index (κ2) is 6.00. The van der Waals surface area contributed by atoms with Crippen molar-refractivity contribution in [3.8, 4) is 0 Å². The first kappa shape index (κ1) is 14.0. The zero-order valence-corrected chi connectivity index (χ0v) is 11.9. The number of rotatable bonds is 4. The molecule has 0 saturated carbocycles. The molecule has 2 N–H and O–H groups in total. The number of carbonyl (C=O) groups is 2. The van der Waals surface area contributed by atoms with E-state index < -0.39 is 0 Å². The van der Waals surface area contributed by atoms with Gasteiger partial charge < -0.3 is 10.5 Å². The summed E-state index contributed by atoms with van der Waals surface area (Å²) in [5.74, 6) is -0.689. The van der Waals surface area contributed by atoms with E-state index in [2.05, 4.69) is 22.6 Å². The van der Waals surface area contributed by atoms with Gasteiger partial charge in [0.1, 0.15) is 6.61 Å². The summed E-state index contributed by atoms with van der Waals surface area (Å²) in [6, 6.07) is 3.82. The van der Waals surface area contributed by atoms with Crippen molar-refractivity contribution in [3.63, 3.8) is 0 Å². The maximum Gasteiger partial charge on any atom is 0.302 e. The monoisotopic (exact) mass is 347 g/mol. The predicted octanol–water partition coefficient (Wildman–Crippen LogP) is 1.69. The van der Waals surface area contributed by atoms with Gasteiger partial charge in [0, 0.05) is 16.1 Å². The first-order valence-corrected chi connectivity index (χ1v) is 6.17. The van der Waals surface area contributed by atoms with E-state index in [4.69, 9.17) is 10.5 Å². The smallest absolute Gasteiger partial charge is 0.302 e. The Morgan fingerprint density at radius 1 is 1.35 bits per heavy atom. The van der Waals surface area contributed by atoms with Gasteiger partial charge >= 0.3 is 5.97 Å². The SMILES string of the molecule is CC(=O)OCc1cc(CC(N)=O)c(C)cc1I. The van der Waals surface area contributed by atoms with Crippen LogP contribution in [0.5, 0.6) is 0 Å². The summed E-state index contributed by atoms with van der Waals surface area (Å²) in [5.41, 5.74) is 7.96. The van der Waals surface area contributed by atoms with Gasteiger partial charge in [0.15, 0.2) is 0 Å². The number of esters is 1. The summed E-state index contributed by atoms with van der Waals surface area (Å²) in [6.45, 7) is 3.51. The van der Waals surface area contributed by atoms with Crippen molar-refractivity contribution in [2.24, 2.45) is 5.73 Å². The summed E-state index contributed by atoms with van der Waals surface area (Å²) < 4.78 is 5.96. The number of nitrogens with two attached hydrogens (primary N) is 1. The molecule has 0 unspecified atom stereocenters. The molecule has 0 aliphatic heterocycles. The Morgan fingerprint density at radius 2 is 2.00 bits per heavy atom. The molecule has 0 saturated heterocycles. The van der Waals surface area contributed by atoms with E-state index in [1.807, 2.05) is 19.1 Å². The minimum atomic E-state index is -0.368. The van der Waals surface area contributed by atoms with E-state index in [1.54, 1.807) is 0 Å². The Bertz CT molecular complexity index is 457. The Labute approximate surface area is 114 Å². The van der Waals surface area contributed by atoms with Gasteiger partial charge in [-0.05, 0) is 46.7 Å². The fourth-order valence-electron chi connectivity index (χ4n) is 1.44. The average molecular weight is 347 g/mol. The minimum Gasteiger partial charge on any atom is -0.461 e. The van der Waals surface area contributed by atoms with Gasteiger partial charge in [0.2, 0.25) is 5.91 Å². The van der Waals surface area contributed by atoms with Crippen LogP contribution in [-0.2, 0) is 27.4 Å². The summed E-state index contributed by atoms with van der Waals surface area (Å²) in [5, 5.41) is 0.